The van der Waals surface area contributed by atoms with Crippen LogP contribution in [-0.2, 0) is 21.2 Å². The van der Waals surface area contributed by atoms with Crippen molar-refractivity contribution in [1.82, 2.24) is 9.62 Å². The monoisotopic (exact) mass is 560 g/mol. The second-order valence-corrected chi connectivity index (χ2v) is 13.8. The number of carboxylic acids is 1. The molecule has 1 fully saturated rings. The highest BCUT2D eigenvalue weighted by Crippen LogP contribution is 2.41. The van der Waals surface area contributed by atoms with Crippen LogP contribution in [0, 0.1) is 19.3 Å². The number of sulfonamides is 1. The second-order valence-electron chi connectivity index (χ2n) is 11.7. The Morgan fingerprint density at radius 2 is 1.54 bits per heavy atom. The Balaban J connectivity index is 1.53. The zero-order valence-corrected chi connectivity index (χ0v) is 25.2. The van der Waals surface area contributed by atoms with Gasteiger partial charge in [-0.25, -0.2) is 17.5 Å². The van der Waals surface area contributed by atoms with Gasteiger partial charge < -0.3 is 10.4 Å². The molecule has 0 aliphatic carbocycles. The van der Waals surface area contributed by atoms with Gasteiger partial charge in [0.2, 0.25) is 15.9 Å². The SMILES string of the molecule is CCCCCCCCCC1=C(C)CCC2(CCN(S(=O)(=O)CCc3c(C)cc(C(=O)O)cc3C)CC2)C(=O)N1. The number of carbonyl (C=O) groups excluding carboxylic acids is 1. The minimum absolute atomic E-state index is 0.0243. The van der Waals surface area contributed by atoms with Crippen LogP contribution in [0.3, 0.4) is 0 Å². The molecule has 1 saturated heterocycles. The topological polar surface area (TPSA) is 104 Å². The van der Waals surface area contributed by atoms with Crippen molar-refractivity contribution in [3.63, 3.8) is 0 Å². The Morgan fingerprint density at radius 1 is 0.949 bits per heavy atom. The number of carbonyl (C=O) groups is 2. The molecule has 0 saturated carbocycles. The van der Waals surface area contributed by atoms with Crippen molar-refractivity contribution in [3.05, 3.63) is 45.7 Å². The lowest BCUT2D eigenvalue weighted by Crippen LogP contribution is -2.49. The fourth-order valence-corrected chi connectivity index (χ4v) is 7.60. The highest BCUT2D eigenvalue weighted by molar-refractivity contribution is 7.89. The van der Waals surface area contributed by atoms with E-state index in [0.717, 1.165) is 48.1 Å². The molecule has 1 amide bonds. The Labute approximate surface area is 235 Å². The molecule has 218 valence electrons. The number of benzene rings is 1. The molecule has 2 N–H and O–H groups in total. The van der Waals surface area contributed by atoms with Crippen molar-refractivity contribution < 1.29 is 23.1 Å². The van der Waals surface area contributed by atoms with Crippen LogP contribution in [0.2, 0.25) is 0 Å². The number of amides is 1. The fourth-order valence-electron chi connectivity index (χ4n) is 6.14. The lowest BCUT2D eigenvalue weighted by molar-refractivity contribution is -0.132. The van der Waals surface area contributed by atoms with Gasteiger partial charge in [-0.15, -0.1) is 0 Å². The van der Waals surface area contributed by atoms with E-state index in [2.05, 4.69) is 19.2 Å². The summed E-state index contributed by atoms with van der Waals surface area (Å²) in [5, 5.41) is 12.5. The summed E-state index contributed by atoms with van der Waals surface area (Å²) in [6.07, 6.45) is 12.7. The van der Waals surface area contributed by atoms with Gasteiger partial charge in [-0.05, 0) is 94.5 Å². The number of hydrogen-bond acceptors (Lipinski definition) is 4. The average Bonchev–Trinajstić information content (AvgIpc) is 3.00. The minimum Gasteiger partial charge on any atom is -0.478 e. The third-order valence-electron chi connectivity index (χ3n) is 8.90. The number of nitrogens with zero attached hydrogens (tertiary/aromatic N) is 1. The van der Waals surface area contributed by atoms with Gasteiger partial charge in [0.15, 0.2) is 0 Å². The molecule has 2 aliphatic heterocycles. The van der Waals surface area contributed by atoms with Crippen molar-refractivity contribution in [3.8, 4) is 0 Å². The first-order valence-electron chi connectivity index (χ1n) is 14.8. The molecule has 2 heterocycles. The van der Waals surface area contributed by atoms with Gasteiger partial charge in [0.25, 0.3) is 0 Å². The summed E-state index contributed by atoms with van der Waals surface area (Å²) in [7, 11) is -3.49. The zero-order chi connectivity index (χ0) is 28.6. The van der Waals surface area contributed by atoms with Crippen LogP contribution >= 0.6 is 0 Å². The smallest absolute Gasteiger partial charge is 0.335 e. The highest BCUT2D eigenvalue weighted by Gasteiger charge is 2.44. The van der Waals surface area contributed by atoms with E-state index in [9.17, 15) is 23.1 Å². The normalized spacial score (nSPS) is 18.3. The van der Waals surface area contributed by atoms with Gasteiger partial charge in [0.05, 0.1) is 16.7 Å². The van der Waals surface area contributed by atoms with Crippen molar-refractivity contribution in [2.75, 3.05) is 18.8 Å². The lowest BCUT2D eigenvalue weighted by atomic mass is 9.74. The van der Waals surface area contributed by atoms with Crippen LogP contribution < -0.4 is 5.32 Å². The van der Waals surface area contributed by atoms with E-state index in [1.165, 1.54) is 44.1 Å². The first-order chi connectivity index (χ1) is 18.5. The van der Waals surface area contributed by atoms with Gasteiger partial charge in [0.1, 0.15) is 0 Å². The van der Waals surface area contributed by atoms with Crippen LogP contribution in [0.25, 0.3) is 0 Å². The minimum atomic E-state index is -3.49. The molecule has 7 nitrogen and oxygen atoms in total. The molecule has 0 unspecified atom stereocenters. The van der Waals surface area contributed by atoms with Crippen LogP contribution in [0.5, 0.6) is 0 Å². The maximum atomic E-state index is 13.4. The van der Waals surface area contributed by atoms with Crippen LogP contribution in [0.4, 0.5) is 0 Å². The largest absolute Gasteiger partial charge is 0.478 e. The predicted molar refractivity (Wildman–Crippen MR) is 156 cm³/mol. The van der Waals surface area contributed by atoms with E-state index in [1.807, 2.05) is 13.8 Å². The van der Waals surface area contributed by atoms with Crippen LogP contribution in [-0.4, -0.2) is 48.5 Å². The zero-order valence-electron chi connectivity index (χ0n) is 24.4. The molecule has 0 bridgehead atoms. The molecule has 3 rings (SSSR count). The summed E-state index contributed by atoms with van der Waals surface area (Å²) in [5.74, 6) is -0.941. The van der Waals surface area contributed by atoms with Gasteiger partial charge in [-0.1, -0.05) is 51.0 Å². The lowest BCUT2D eigenvalue weighted by Gasteiger charge is -2.39. The number of piperidine rings is 1. The number of carboxylic acid groups (broad SMARTS) is 1. The van der Waals surface area contributed by atoms with Crippen molar-refractivity contribution in [2.45, 2.75) is 111 Å². The fraction of sp³-hybridized carbons (Fsp3) is 0.677. The Kier molecular flexibility index (Phi) is 11.2. The molecule has 0 atom stereocenters. The van der Waals surface area contributed by atoms with E-state index in [1.54, 1.807) is 16.4 Å². The van der Waals surface area contributed by atoms with Gasteiger partial charge >= 0.3 is 5.97 Å². The van der Waals surface area contributed by atoms with Gasteiger partial charge in [-0.2, -0.15) is 0 Å². The predicted octanol–water partition coefficient (Wildman–Crippen LogP) is 6.28. The van der Waals surface area contributed by atoms with Crippen molar-refractivity contribution in [2.24, 2.45) is 5.41 Å². The number of nitrogens with one attached hydrogen (secondary N) is 1. The first-order valence-corrected chi connectivity index (χ1v) is 16.4. The Hall–Kier alpha value is -2.19. The van der Waals surface area contributed by atoms with E-state index < -0.39 is 21.4 Å². The number of rotatable bonds is 13. The summed E-state index contributed by atoms with van der Waals surface area (Å²) < 4.78 is 28.0. The third kappa shape index (κ3) is 8.16. The van der Waals surface area contributed by atoms with Crippen LogP contribution in [0.1, 0.15) is 118 Å². The maximum Gasteiger partial charge on any atom is 0.335 e. The van der Waals surface area contributed by atoms with Crippen molar-refractivity contribution in [1.29, 1.82) is 0 Å². The van der Waals surface area contributed by atoms with E-state index in [0.29, 0.717) is 32.4 Å². The average molecular weight is 561 g/mol. The number of unbranched alkanes of at least 4 members (excludes halogenated alkanes) is 6. The maximum absolute atomic E-state index is 13.4. The number of aryl methyl sites for hydroxylation is 2. The Morgan fingerprint density at radius 3 is 2.13 bits per heavy atom. The van der Waals surface area contributed by atoms with E-state index in [-0.39, 0.29) is 17.2 Å². The summed E-state index contributed by atoms with van der Waals surface area (Å²) >= 11 is 0. The quantitative estimate of drug-likeness (QED) is 0.276. The summed E-state index contributed by atoms with van der Waals surface area (Å²) in [4.78, 5) is 24.7. The first kappa shape index (κ1) is 31.3. The summed E-state index contributed by atoms with van der Waals surface area (Å²) in [6, 6.07) is 3.20. The number of aromatic carboxylic acids is 1. The highest BCUT2D eigenvalue weighted by atomic mass is 32.2. The third-order valence-corrected chi connectivity index (χ3v) is 10.8. The Bertz CT molecular complexity index is 1140. The van der Waals surface area contributed by atoms with Crippen LogP contribution in [0.15, 0.2) is 23.4 Å². The number of hydrogen-bond donors (Lipinski definition) is 2. The summed E-state index contributed by atoms with van der Waals surface area (Å²) in [5.41, 5.74) is 4.54. The molecule has 1 spiro atoms. The molecule has 2 aliphatic rings. The molecule has 8 heteroatoms. The van der Waals surface area contributed by atoms with E-state index >= 15 is 0 Å². The molecular weight excluding hydrogens is 512 g/mol. The molecular formula is C31H48N2O5S. The second kappa shape index (κ2) is 13.9. The molecule has 39 heavy (non-hydrogen) atoms. The standard InChI is InChI=1S/C31H48N2O5S/c1-5-6-7-8-9-10-11-12-28-23(2)13-15-31(30(36)32-28)16-18-33(19-17-31)39(37,38)20-14-27-24(3)21-26(29(34)35)22-25(27)4/h21-22H,5-20H2,1-4H3,(H,32,36)(H,34,35). The molecule has 1 aromatic rings. The number of allylic oxidation sites excluding steroid dienone is 2. The van der Waals surface area contributed by atoms with Crippen molar-refractivity contribution >= 4 is 21.9 Å². The van der Waals surface area contributed by atoms with E-state index in [4.69, 9.17) is 0 Å². The summed E-state index contributed by atoms with van der Waals surface area (Å²) in [6.45, 7) is 8.73. The van der Waals surface area contributed by atoms with Gasteiger partial charge in [0, 0.05) is 18.8 Å². The van der Waals surface area contributed by atoms with Gasteiger partial charge in [-0.3, -0.25) is 4.79 Å². The molecule has 1 aromatic carbocycles. The molecule has 0 aromatic heterocycles. The molecule has 0 radical (unpaired) electrons.